The summed E-state index contributed by atoms with van der Waals surface area (Å²) in [6, 6.07) is 8.89. The van der Waals surface area contributed by atoms with Crippen LogP contribution >= 0.6 is 0 Å². The molecular formula is C15H16. The summed E-state index contributed by atoms with van der Waals surface area (Å²) in [6.45, 7) is 4.54. The smallest absolute Gasteiger partial charge is 0.0243 e. The van der Waals surface area contributed by atoms with Crippen LogP contribution in [0.15, 0.2) is 47.6 Å². The molecule has 0 aliphatic heterocycles. The third-order valence-corrected chi connectivity index (χ3v) is 3.86. The lowest BCUT2D eigenvalue weighted by atomic mass is 9.95. The monoisotopic (exact) mass is 196 g/mol. The highest BCUT2D eigenvalue weighted by molar-refractivity contribution is 5.60. The van der Waals surface area contributed by atoms with E-state index in [1.807, 2.05) is 0 Å². The van der Waals surface area contributed by atoms with Crippen molar-refractivity contribution in [3.8, 4) is 0 Å². The molecule has 2 bridgehead atoms. The van der Waals surface area contributed by atoms with Crippen molar-refractivity contribution < 1.29 is 0 Å². The summed E-state index contributed by atoms with van der Waals surface area (Å²) >= 11 is 0. The zero-order valence-corrected chi connectivity index (χ0v) is 9.33. The molecule has 0 fully saturated rings. The van der Waals surface area contributed by atoms with Gasteiger partial charge in [-0.15, -0.1) is 0 Å². The normalized spacial score (nSPS) is 25.9. The van der Waals surface area contributed by atoms with E-state index < -0.39 is 0 Å². The number of hydrogen-bond acceptors (Lipinski definition) is 0. The molecule has 2 unspecified atom stereocenters. The SMILES string of the molecule is CCC(C)=C1C2C=CC1c1ccccc12. The third kappa shape index (κ3) is 1.08. The van der Waals surface area contributed by atoms with Gasteiger partial charge in [-0.2, -0.15) is 0 Å². The van der Waals surface area contributed by atoms with Crippen molar-refractivity contribution in [2.24, 2.45) is 0 Å². The first-order valence-corrected chi connectivity index (χ1v) is 5.79. The number of hydrogen-bond donors (Lipinski definition) is 0. The Morgan fingerprint density at radius 2 is 1.60 bits per heavy atom. The van der Waals surface area contributed by atoms with Gasteiger partial charge >= 0.3 is 0 Å². The highest BCUT2D eigenvalue weighted by Crippen LogP contribution is 2.53. The molecule has 2 aliphatic carbocycles. The Bertz CT molecular complexity index is 428. The van der Waals surface area contributed by atoms with Crippen LogP contribution in [0.5, 0.6) is 0 Å². The van der Waals surface area contributed by atoms with Crippen molar-refractivity contribution in [1.82, 2.24) is 0 Å². The van der Waals surface area contributed by atoms with Gasteiger partial charge < -0.3 is 0 Å². The van der Waals surface area contributed by atoms with E-state index in [1.54, 1.807) is 11.1 Å². The second-order valence-electron chi connectivity index (χ2n) is 4.56. The van der Waals surface area contributed by atoms with Gasteiger partial charge in [-0.25, -0.2) is 0 Å². The van der Waals surface area contributed by atoms with Gasteiger partial charge in [0.2, 0.25) is 0 Å². The first-order valence-electron chi connectivity index (χ1n) is 5.79. The number of allylic oxidation sites excluding steroid dienone is 4. The molecule has 1 aromatic rings. The summed E-state index contributed by atoms with van der Waals surface area (Å²) in [4.78, 5) is 0. The van der Waals surface area contributed by atoms with E-state index in [-0.39, 0.29) is 0 Å². The predicted molar refractivity (Wildman–Crippen MR) is 64.1 cm³/mol. The molecule has 3 rings (SSSR count). The van der Waals surface area contributed by atoms with Crippen molar-refractivity contribution in [2.45, 2.75) is 32.1 Å². The Kier molecular flexibility index (Phi) is 1.85. The zero-order valence-electron chi connectivity index (χ0n) is 9.33. The Morgan fingerprint density at radius 1 is 1.07 bits per heavy atom. The highest BCUT2D eigenvalue weighted by atomic mass is 14.4. The van der Waals surface area contributed by atoms with Crippen molar-refractivity contribution in [1.29, 1.82) is 0 Å². The lowest BCUT2D eigenvalue weighted by molar-refractivity contribution is 0.943. The van der Waals surface area contributed by atoms with E-state index >= 15 is 0 Å². The van der Waals surface area contributed by atoms with Crippen LogP contribution in [-0.2, 0) is 0 Å². The van der Waals surface area contributed by atoms with E-state index in [1.165, 1.54) is 17.5 Å². The Balaban J connectivity index is 2.19. The summed E-state index contributed by atoms with van der Waals surface area (Å²) in [6.07, 6.45) is 5.93. The lowest BCUT2D eigenvalue weighted by Gasteiger charge is -2.09. The van der Waals surface area contributed by atoms with Crippen LogP contribution in [0.2, 0.25) is 0 Å². The summed E-state index contributed by atoms with van der Waals surface area (Å²) in [5.74, 6) is 1.18. The van der Waals surface area contributed by atoms with E-state index in [2.05, 4.69) is 50.3 Å². The minimum Gasteiger partial charge on any atom is -0.0760 e. The van der Waals surface area contributed by atoms with Gasteiger partial charge in [0.05, 0.1) is 0 Å². The molecule has 76 valence electrons. The maximum atomic E-state index is 2.38. The molecule has 1 aromatic carbocycles. The van der Waals surface area contributed by atoms with Gasteiger partial charge in [0.25, 0.3) is 0 Å². The molecule has 0 heterocycles. The van der Waals surface area contributed by atoms with Crippen LogP contribution in [0.25, 0.3) is 0 Å². The van der Waals surface area contributed by atoms with Crippen LogP contribution < -0.4 is 0 Å². The third-order valence-electron chi connectivity index (χ3n) is 3.86. The van der Waals surface area contributed by atoms with Crippen molar-refractivity contribution in [2.75, 3.05) is 0 Å². The fourth-order valence-corrected chi connectivity index (χ4v) is 2.98. The van der Waals surface area contributed by atoms with Crippen molar-refractivity contribution >= 4 is 0 Å². The van der Waals surface area contributed by atoms with E-state index in [0.29, 0.717) is 11.8 Å². The summed E-state index contributed by atoms with van der Waals surface area (Å²) in [5.41, 5.74) is 6.30. The minimum atomic E-state index is 0.589. The average molecular weight is 196 g/mol. The molecule has 0 heteroatoms. The quantitative estimate of drug-likeness (QED) is 0.591. The number of benzene rings is 1. The van der Waals surface area contributed by atoms with Gasteiger partial charge in [0, 0.05) is 11.8 Å². The van der Waals surface area contributed by atoms with Gasteiger partial charge in [-0.05, 0) is 30.0 Å². The molecule has 0 aromatic heterocycles. The van der Waals surface area contributed by atoms with Gasteiger partial charge in [-0.1, -0.05) is 48.9 Å². The fourth-order valence-electron chi connectivity index (χ4n) is 2.98. The second kappa shape index (κ2) is 3.10. The molecule has 0 radical (unpaired) electrons. The molecule has 0 amide bonds. The van der Waals surface area contributed by atoms with Crippen LogP contribution in [0.3, 0.4) is 0 Å². The lowest BCUT2D eigenvalue weighted by Crippen LogP contribution is -1.92. The average Bonchev–Trinajstić information content (AvgIpc) is 2.84. The summed E-state index contributed by atoms with van der Waals surface area (Å²) < 4.78 is 0. The Labute approximate surface area is 91.3 Å². The van der Waals surface area contributed by atoms with E-state index in [4.69, 9.17) is 0 Å². The number of fused-ring (bicyclic) bond motifs is 5. The highest BCUT2D eigenvalue weighted by Gasteiger charge is 2.37. The second-order valence-corrected chi connectivity index (χ2v) is 4.56. The van der Waals surface area contributed by atoms with E-state index in [9.17, 15) is 0 Å². The molecule has 0 nitrogen and oxygen atoms in total. The van der Waals surface area contributed by atoms with Crippen LogP contribution in [0, 0.1) is 0 Å². The first-order chi connectivity index (χ1) is 7.33. The minimum absolute atomic E-state index is 0.589. The van der Waals surface area contributed by atoms with Gasteiger partial charge in [0.1, 0.15) is 0 Å². The molecule has 0 saturated heterocycles. The maximum absolute atomic E-state index is 2.38. The number of rotatable bonds is 1. The molecule has 2 atom stereocenters. The van der Waals surface area contributed by atoms with Gasteiger partial charge in [0.15, 0.2) is 0 Å². The Hall–Kier alpha value is -1.30. The molecule has 2 aliphatic rings. The Morgan fingerprint density at radius 3 is 2.07 bits per heavy atom. The van der Waals surface area contributed by atoms with Crippen LogP contribution in [0.4, 0.5) is 0 Å². The largest absolute Gasteiger partial charge is 0.0760 e. The summed E-state index contributed by atoms with van der Waals surface area (Å²) in [7, 11) is 0. The first kappa shape index (κ1) is 8.96. The molecule has 0 saturated carbocycles. The molecule has 15 heavy (non-hydrogen) atoms. The van der Waals surface area contributed by atoms with Crippen LogP contribution in [0.1, 0.15) is 43.2 Å². The topological polar surface area (TPSA) is 0 Å². The standard InChI is InChI=1S/C15H16/c1-3-10(2)15-13-8-9-14(15)12-7-5-4-6-11(12)13/h4-9,13-14H,3H2,1-2H3. The predicted octanol–water partition coefficient (Wildman–Crippen LogP) is 4.16. The van der Waals surface area contributed by atoms with Gasteiger partial charge in [-0.3, -0.25) is 0 Å². The molecule has 0 spiro atoms. The van der Waals surface area contributed by atoms with Crippen molar-refractivity contribution in [3.05, 3.63) is 58.7 Å². The van der Waals surface area contributed by atoms with Crippen molar-refractivity contribution in [3.63, 3.8) is 0 Å². The molecule has 0 N–H and O–H groups in total. The zero-order chi connectivity index (χ0) is 10.4. The summed E-state index contributed by atoms with van der Waals surface area (Å²) in [5, 5.41) is 0. The van der Waals surface area contributed by atoms with Crippen LogP contribution in [-0.4, -0.2) is 0 Å². The van der Waals surface area contributed by atoms with E-state index in [0.717, 1.165) is 0 Å². The maximum Gasteiger partial charge on any atom is 0.0243 e. The molecular weight excluding hydrogens is 180 g/mol. The fraction of sp³-hybridized carbons (Fsp3) is 0.333.